The number of nitrogens with one attached hydrogen (secondary N) is 1. The average Bonchev–Trinajstić information content (AvgIpc) is 3.10. The number of nitrogens with zero attached hydrogens (tertiary/aromatic N) is 2. The summed E-state index contributed by atoms with van der Waals surface area (Å²) in [5.41, 5.74) is 3.07. The number of carbonyl (C=O) groups excluding carboxylic acids is 1. The Morgan fingerprint density at radius 3 is 2.62 bits per heavy atom. The molecule has 1 amide bonds. The van der Waals surface area contributed by atoms with E-state index >= 15 is 0 Å². The fourth-order valence-corrected chi connectivity index (χ4v) is 2.17. The lowest BCUT2D eigenvalue weighted by Crippen LogP contribution is -2.17. The van der Waals surface area contributed by atoms with Gasteiger partial charge < -0.3 is 4.42 Å². The zero-order valence-corrected chi connectivity index (χ0v) is 13.3. The molecule has 3 rings (SSSR count). The Morgan fingerprint density at radius 2 is 1.92 bits per heavy atom. The number of rotatable bonds is 5. The van der Waals surface area contributed by atoms with E-state index in [1.807, 2.05) is 0 Å². The molecule has 0 spiro atoms. The van der Waals surface area contributed by atoms with Crippen molar-refractivity contribution < 1.29 is 18.5 Å². The number of hydrogen-bond donors (Lipinski definition) is 1. The first-order valence-corrected chi connectivity index (χ1v) is 7.46. The van der Waals surface area contributed by atoms with Crippen LogP contribution in [0.3, 0.4) is 0 Å². The van der Waals surface area contributed by atoms with Crippen LogP contribution in [0.4, 0.5) is 10.1 Å². The largest absolute Gasteiger partial charge is 0.455 e. The Balaban J connectivity index is 1.65. The topological polar surface area (TPSA) is 97.7 Å². The van der Waals surface area contributed by atoms with Gasteiger partial charge in [0.15, 0.2) is 0 Å². The molecule has 0 aliphatic heterocycles. The highest BCUT2D eigenvalue weighted by atomic mass is 19.1. The third kappa shape index (κ3) is 3.99. The molecule has 130 valence electrons. The van der Waals surface area contributed by atoms with Crippen molar-refractivity contribution in [1.29, 1.82) is 0 Å². The van der Waals surface area contributed by atoms with Crippen LogP contribution < -0.4 is 5.43 Å². The molecule has 0 atom stereocenters. The van der Waals surface area contributed by atoms with Gasteiger partial charge in [0.1, 0.15) is 17.3 Å². The van der Waals surface area contributed by atoms with Crippen LogP contribution in [0, 0.1) is 15.9 Å². The number of halogens is 1. The monoisotopic (exact) mass is 353 g/mol. The number of nitro groups is 1. The van der Waals surface area contributed by atoms with E-state index in [1.54, 1.807) is 24.3 Å². The van der Waals surface area contributed by atoms with Gasteiger partial charge in [-0.15, -0.1) is 0 Å². The van der Waals surface area contributed by atoms with Crippen molar-refractivity contribution in [2.45, 2.75) is 0 Å². The molecular weight excluding hydrogens is 341 g/mol. The zero-order chi connectivity index (χ0) is 18.5. The second kappa shape index (κ2) is 7.39. The number of carbonyl (C=O) groups is 1. The highest BCUT2D eigenvalue weighted by Crippen LogP contribution is 2.23. The lowest BCUT2D eigenvalue weighted by atomic mass is 10.1. The average molecular weight is 353 g/mol. The van der Waals surface area contributed by atoms with Crippen molar-refractivity contribution in [1.82, 2.24) is 5.43 Å². The summed E-state index contributed by atoms with van der Waals surface area (Å²) in [6.07, 6.45) is 1.30. The van der Waals surface area contributed by atoms with Crippen LogP contribution in [0.1, 0.15) is 16.1 Å². The number of furan rings is 1. The first kappa shape index (κ1) is 17.0. The van der Waals surface area contributed by atoms with Gasteiger partial charge in [-0.3, -0.25) is 14.9 Å². The van der Waals surface area contributed by atoms with Crippen LogP contribution in [0.15, 0.2) is 70.2 Å². The number of amides is 1. The molecule has 0 aliphatic carbocycles. The van der Waals surface area contributed by atoms with Gasteiger partial charge in [0.2, 0.25) is 0 Å². The van der Waals surface area contributed by atoms with Gasteiger partial charge in [0.05, 0.1) is 11.1 Å². The van der Waals surface area contributed by atoms with Gasteiger partial charge in [-0.25, -0.2) is 9.82 Å². The van der Waals surface area contributed by atoms with E-state index in [2.05, 4.69) is 10.5 Å². The maximum absolute atomic E-state index is 13.1. The molecule has 2 aromatic carbocycles. The van der Waals surface area contributed by atoms with E-state index in [-0.39, 0.29) is 11.3 Å². The van der Waals surface area contributed by atoms with Gasteiger partial charge in [-0.05, 0) is 42.5 Å². The summed E-state index contributed by atoms with van der Waals surface area (Å²) in [7, 11) is 0. The van der Waals surface area contributed by atoms with E-state index in [4.69, 9.17) is 4.42 Å². The molecule has 7 nitrogen and oxygen atoms in total. The smallest absolute Gasteiger partial charge is 0.271 e. The van der Waals surface area contributed by atoms with E-state index in [1.165, 1.54) is 36.5 Å². The summed E-state index contributed by atoms with van der Waals surface area (Å²) in [6, 6.07) is 14.5. The van der Waals surface area contributed by atoms with E-state index in [0.29, 0.717) is 17.1 Å². The minimum atomic E-state index is -0.553. The van der Waals surface area contributed by atoms with Gasteiger partial charge in [0.25, 0.3) is 11.6 Å². The summed E-state index contributed by atoms with van der Waals surface area (Å²) >= 11 is 0. The van der Waals surface area contributed by atoms with Gasteiger partial charge >= 0.3 is 0 Å². The second-order valence-electron chi connectivity index (χ2n) is 5.22. The number of benzene rings is 2. The lowest BCUT2D eigenvalue weighted by molar-refractivity contribution is -0.384. The van der Waals surface area contributed by atoms with Crippen LogP contribution in [0.2, 0.25) is 0 Å². The second-order valence-corrected chi connectivity index (χ2v) is 5.22. The quantitative estimate of drug-likeness (QED) is 0.429. The maximum atomic E-state index is 13.1. The number of hydrogen-bond acceptors (Lipinski definition) is 5. The predicted octanol–water partition coefficient (Wildman–Crippen LogP) is 3.76. The molecule has 0 saturated heterocycles. The molecule has 0 fully saturated rings. The molecule has 1 aromatic heterocycles. The van der Waals surface area contributed by atoms with Crippen LogP contribution in [-0.2, 0) is 0 Å². The Labute approximate surface area is 146 Å². The molecule has 26 heavy (non-hydrogen) atoms. The highest BCUT2D eigenvalue weighted by Gasteiger charge is 2.08. The van der Waals surface area contributed by atoms with Gasteiger partial charge in [-0.2, -0.15) is 5.10 Å². The van der Waals surface area contributed by atoms with Crippen molar-refractivity contribution in [3.63, 3.8) is 0 Å². The lowest BCUT2D eigenvalue weighted by Gasteiger charge is -1.99. The highest BCUT2D eigenvalue weighted by molar-refractivity contribution is 5.94. The van der Waals surface area contributed by atoms with Gasteiger partial charge in [0, 0.05) is 23.3 Å². The molecule has 8 heteroatoms. The summed E-state index contributed by atoms with van der Waals surface area (Å²) < 4.78 is 18.6. The Hall–Kier alpha value is -3.81. The van der Waals surface area contributed by atoms with E-state index in [9.17, 15) is 19.3 Å². The van der Waals surface area contributed by atoms with Crippen molar-refractivity contribution >= 4 is 17.8 Å². The molecule has 1 heterocycles. The van der Waals surface area contributed by atoms with Crippen molar-refractivity contribution in [2.75, 3.05) is 0 Å². The molecule has 0 aliphatic rings. The van der Waals surface area contributed by atoms with Gasteiger partial charge in [-0.1, -0.05) is 6.07 Å². The van der Waals surface area contributed by atoms with Crippen LogP contribution in [-0.4, -0.2) is 17.0 Å². The number of nitro benzene ring substituents is 1. The molecule has 0 radical (unpaired) electrons. The third-order valence-electron chi connectivity index (χ3n) is 3.43. The summed E-state index contributed by atoms with van der Waals surface area (Å²) in [6.45, 7) is 0. The minimum absolute atomic E-state index is 0.0119. The van der Waals surface area contributed by atoms with Crippen LogP contribution in [0.5, 0.6) is 0 Å². The molecule has 0 unspecified atom stereocenters. The van der Waals surface area contributed by atoms with Crippen LogP contribution >= 0.6 is 0 Å². The van der Waals surface area contributed by atoms with E-state index < -0.39 is 16.6 Å². The fourth-order valence-electron chi connectivity index (χ4n) is 2.17. The number of non-ortho nitro benzene ring substituents is 1. The fraction of sp³-hybridized carbons (Fsp3) is 0. The van der Waals surface area contributed by atoms with Crippen molar-refractivity contribution in [3.8, 4) is 11.3 Å². The standard InChI is InChI=1S/C18H12FN3O4/c19-14-3-1-2-13(10-14)18(23)21-20-11-16-8-9-17(26-16)12-4-6-15(7-5-12)22(24)25/h1-11H,(H,21,23)/b20-11-. The first-order valence-electron chi connectivity index (χ1n) is 7.46. The van der Waals surface area contributed by atoms with E-state index in [0.717, 1.165) is 6.07 Å². The SMILES string of the molecule is O=C(N/N=C\c1ccc(-c2ccc([N+](=O)[O-])cc2)o1)c1cccc(F)c1. The maximum Gasteiger partial charge on any atom is 0.271 e. The van der Waals surface area contributed by atoms with Crippen LogP contribution in [0.25, 0.3) is 11.3 Å². The number of hydrazone groups is 1. The Morgan fingerprint density at radius 1 is 1.15 bits per heavy atom. The Kier molecular flexibility index (Phi) is 4.84. The molecule has 3 aromatic rings. The summed E-state index contributed by atoms with van der Waals surface area (Å²) in [5, 5.41) is 14.4. The zero-order valence-electron chi connectivity index (χ0n) is 13.3. The van der Waals surface area contributed by atoms with Crippen molar-refractivity contribution in [3.05, 3.63) is 87.9 Å². The molecule has 0 bridgehead atoms. The molecule has 0 saturated carbocycles. The summed E-state index contributed by atoms with van der Waals surface area (Å²) in [5.74, 6) is -0.195. The minimum Gasteiger partial charge on any atom is -0.455 e. The Bertz CT molecular complexity index is 980. The first-order chi connectivity index (χ1) is 12.5. The summed E-state index contributed by atoms with van der Waals surface area (Å²) in [4.78, 5) is 22.0. The molecular formula is C18H12FN3O4. The molecule has 1 N–H and O–H groups in total. The van der Waals surface area contributed by atoms with Crippen molar-refractivity contribution in [2.24, 2.45) is 5.10 Å². The predicted molar refractivity (Wildman–Crippen MR) is 92.3 cm³/mol. The third-order valence-corrected chi connectivity index (χ3v) is 3.43. The normalized spacial score (nSPS) is 10.8.